The van der Waals surface area contributed by atoms with Gasteiger partial charge in [0.2, 0.25) is 59.1 Å². The Labute approximate surface area is 833 Å². The zero-order valence-corrected chi connectivity index (χ0v) is 84.9. The second-order valence-electron chi connectivity index (χ2n) is 38.1. The molecule has 1 fully saturated rings. The van der Waals surface area contributed by atoms with Gasteiger partial charge in [-0.3, -0.25) is 81.8 Å². The van der Waals surface area contributed by atoms with Gasteiger partial charge in [-0.1, -0.05) is 162 Å². The molecule has 0 spiro atoms. The fraction of sp³-hybridized carbons (Fsp3) is 0.563. The average Bonchev–Trinajstić information content (AvgIpc) is 1.11. The number of benzene rings is 4. The van der Waals surface area contributed by atoms with Crippen LogP contribution < -0.4 is 69.5 Å². The summed E-state index contributed by atoms with van der Waals surface area (Å²) in [6, 6.07) is 19.2. The number of ether oxygens (including phenoxy) is 3. The summed E-state index contributed by atoms with van der Waals surface area (Å²) in [4.78, 5) is 237. The van der Waals surface area contributed by atoms with Crippen molar-refractivity contribution < 1.29 is 101 Å². The third kappa shape index (κ3) is 36.1. The fourth-order valence-corrected chi connectivity index (χ4v) is 17.3. The topological polar surface area (TPSA) is 525 Å². The first-order valence-electron chi connectivity index (χ1n) is 49.4. The predicted octanol–water partition coefficient (Wildman–Crippen LogP) is 7.82. The first kappa shape index (κ1) is 116. The number of anilines is 3. The van der Waals surface area contributed by atoms with E-state index >= 15 is 4.79 Å². The second-order valence-corrected chi connectivity index (χ2v) is 38.1. The molecule has 0 unspecified atom stereocenters. The lowest BCUT2D eigenvalue weighted by Crippen LogP contribution is -2.60. The van der Waals surface area contributed by atoms with Crippen LogP contribution in [0.25, 0.3) is 0 Å². The fourth-order valence-electron chi connectivity index (χ4n) is 17.3. The van der Waals surface area contributed by atoms with E-state index in [1.54, 1.807) is 166 Å². The second kappa shape index (κ2) is 58.3. The molecule has 0 aliphatic carbocycles. The van der Waals surface area contributed by atoms with Crippen LogP contribution in [-0.4, -0.2) is 258 Å². The highest BCUT2D eigenvalue weighted by Gasteiger charge is 2.45. The van der Waals surface area contributed by atoms with E-state index in [1.165, 1.54) is 50.5 Å². The summed E-state index contributed by atoms with van der Waals surface area (Å²) >= 11 is 0. The summed E-state index contributed by atoms with van der Waals surface area (Å²) in [5, 5.41) is 44.9. The molecule has 0 saturated carbocycles. The average molecular weight is 1980 g/mol. The molecule has 3 aliphatic heterocycles. The van der Waals surface area contributed by atoms with Gasteiger partial charge in [-0.05, 0) is 159 Å². The zero-order chi connectivity index (χ0) is 105. The highest BCUT2D eigenvalue weighted by Crippen LogP contribution is 2.32. The van der Waals surface area contributed by atoms with Crippen molar-refractivity contribution in [1.29, 1.82) is 0 Å². The predicted molar refractivity (Wildman–Crippen MR) is 534 cm³/mol. The maximum absolute atomic E-state index is 15.0. The van der Waals surface area contributed by atoms with Crippen LogP contribution in [0, 0.1) is 35.5 Å². The van der Waals surface area contributed by atoms with Gasteiger partial charge in [0.1, 0.15) is 42.9 Å². The Balaban J connectivity index is 0.947. The van der Waals surface area contributed by atoms with E-state index in [0.717, 1.165) is 20.3 Å². The van der Waals surface area contributed by atoms with Crippen molar-refractivity contribution in [3.63, 3.8) is 0 Å². The van der Waals surface area contributed by atoms with Gasteiger partial charge in [-0.2, -0.15) is 0 Å². The maximum Gasteiger partial charge on any atom is 0.410 e. The number of unbranched alkanes of at least 4 members (excludes halogenated alkanes) is 4. The molecular weight excluding hydrogens is 1830 g/mol. The summed E-state index contributed by atoms with van der Waals surface area (Å²) in [5.41, 5.74) is 9.55. The number of aliphatic hydroxyl groups excluding tert-OH is 1. The number of rotatable bonds is 58. The van der Waals surface area contributed by atoms with E-state index in [1.807, 2.05) is 32.0 Å². The van der Waals surface area contributed by atoms with Crippen LogP contribution in [0.4, 0.5) is 31.4 Å². The monoisotopic (exact) mass is 1980 g/mol. The molecule has 19 amide bonds. The summed E-state index contributed by atoms with van der Waals surface area (Å²) in [7, 11) is 6.03. The summed E-state index contributed by atoms with van der Waals surface area (Å²) in [5.74, 6) is -9.45. The highest BCUT2D eigenvalue weighted by molar-refractivity contribution is 6.13. The lowest BCUT2D eigenvalue weighted by molar-refractivity contribution is -0.148. The van der Waals surface area contributed by atoms with E-state index in [2.05, 4.69) is 63.8 Å². The molecule has 1 saturated heterocycles. The van der Waals surface area contributed by atoms with Crippen LogP contribution in [0.1, 0.15) is 214 Å². The normalized spacial score (nSPS) is 16.2. The van der Waals surface area contributed by atoms with Crippen LogP contribution in [0.3, 0.4) is 0 Å². The van der Waals surface area contributed by atoms with E-state index in [4.69, 9.17) is 19.9 Å². The summed E-state index contributed by atoms with van der Waals surface area (Å²) in [6.07, 6.45) is 6.43. The smallest absolute Gasteiger partial charge is 0.410 e. The number of nitrogens with zero attached hydrogens (tertiary/aromatic N) is 5. The molecule has 0 aromatic heterocycles. The molecule has 4 aromatic carbocycles. The molecule has 778 valence electrons. The molecule has 39 nitrogen and oxygen atoms in total. The largest absolute Gasteiger partial charge is 0.445 e. The van der Waals surface area contributed by atoms with Gasteiger partial charge in [0.05, 0.1) is 48.8 Å². The number of nitrogens with two attached hydrogens (primary N) is 1. The van der Waals surface area contributed by atoms with Crippen LogP contribution in [0.5, 0.6) is 0 Å². The quantitative estimate of drug-likeness (QED) is 0.0114. The number of hydrogen-bond acceptors (Lipinski definition) is 22. The van der Waals surface area contributed by atoms with Crippen molar-refractivity contribution in [3.05, 3.63) is 150 Å². The first-order chi connectivity index (χ1) is 67.6. The number of likely N-dealkylation sites (tertiary alicyclic amines) is 1. The van der Waals surface area contributed by atoms with Crippen molar-refractivity contribution in [2.75, 3.05) is 77.4 Å². The number of urea groups is 2. The van der Waals surface area contributed by atoms with Crippen molar-refractivity contribution in [1.82, 2.24) is 77.7 Å². The van der Waals surface area contributed by atoms with Gasteiger partial charge >= 0.3 is 18.2 Å². The van der Waals surface area contributed by atoms with Crippen molar-refractivity contribution >= 4 is 118 Å². The molecule has 39 heteroatoms. The third-order valence-electron chi connectivity index (χ3n) is 25.8. The highest BCUT2D eigenvalue weighted by atomic mass is 16.6. The maximum atomic E-state index is 15.0. The molecule has 4 aromatic rings. The van der Waals surface area contributed by atoms with Crippen LogP contribution in [0.2, 0.25) is 0 Å². The number of nitrogen functional groups attached to an aromatic ring is 1. The minimum atomic E-state index is -1.24. The van der Waals surface area contributed by atoms with Crippen molar-refractivity contribution in [2.24, 2.45) is 35.5 Å². The Morgan fingerprint density at radius 3 is 1.38 bits per heavy atom. The van der Waals surface area contributed by atoms with Gasteiger partial charge < -0.3 is 98.7 Å². The van der Waals surface area contributed by atoms with Gasteiger partial charge in [0.15, 0.2) is 0 Å². The third-order valence-corrected chi connectivity index (χ3v) is 25.8. The molecule has 14 atom stereocenters. The van der Waals surface area contributed by atoms with Crippen LogP contribution in [0.15, 0.2) is 127 Å². The summed E-state index contributed by atoms with van der Waals surface area (Å²) < 4.78 is 17.9. The number of amides is 19. The van der Waals surface area contributed by atoms with Gasteiger partial charge in [-0.25, -0.2) is 14.4 Å². The molecule has 0 bridgehead atoms. The van der Waals surface area contributed by atoms with Crippen molar-refractivity contribution in [2.45, 2.75) is 278 Å². The Bertz CT molecular complexity index is 4930. The molecular formula is C103H150N18O21. The molecule has 15 N–H and O–H groups in total. The number of aliphatic hydroxyl groups is 1. The molecule has 0 radical (unpaired) electrons. The molecule has 3 aliphatic rings. The minimum absolute atomic E-state index is 0.0106. The minimum Gasteiger partial charge on any atom is -0.445 e. The lowest BCUT2D eigenvalue weighted by atomic mass is 9.89. The number of imide groups is 2. The Morgan fingerprint density at radius 2 is 0.944 bits per heavy atom. The molecule has 142 heavy (non-hydrogen) atoms. The van der Waals surface area contributed by atoms with Gasteiger partial charge in [0, 0.05) is 128 Å². The number of carbonyl (C=O) groups excluding carboxylic acids is 17. The number of carbonyl (C=O) groups is 17. The van der Waals surface area contributed by atoms with Crippen LogP contribution >= 0.6 is 0 Å². The van der Waals surface area contributed by atoms with E-state index in [-0.39, 0.29) is 114 Å². The van der Waals surface area contributed by atoms with Gasteiger partial charge in [0.25, 0.3) is 23.6 Å². The zero-order valence-electron chi connectivity index (χ0n) is 84.9. The Kier molecular flexibility index (Phi) is 47.5. The Hall–Kier alpha value is -13.2. The number of likely N-dealkylation sites (N-methyl/N-ethyl adjacent to an activating group) is 2. The van der Waals surface area contributed by atoms with Crippen molar-refractivity contribution in [3.8, 4) is 0 Å². The van der Waals surface area contributed by atoms with Gasteiger partial charge in [-0.15, -0.1) is 0 Å². The van der Waals surface area contributed by atoms with Crippen LogP contribution in [-0.2, 0) is 101 Å². The molecule has 7 rings (SSSR count). The lowest BCUT2D eigenvalue weighted by Gasteiger charge is -2.41. The number of methoxy groups -OCH3 is 2. The summed E-state index contributed by atoms with van der Waals surface area (Å²) in [6.45, 7) is 22.3. The molecule has 3 heterocycles. The SMILES string of the molecule is CC[C@H](C)[C@@H]([C@@H](CC(=O)N1CCC[C@H]1[C@H](OC)[C@@H](C)C(=O)N[C@H](C)[C@@H](O)c1ccccc1)OC)N(C)C(=O)[C@@H](NC(=O)[C@H](C(C)C)N(C)C(=O)OCc1ccc(NC(=O)[C@H](CCCNC(=O)NCc2ccc(NC(=O)[C@H](CCCNC(=O)NCc3ccc(N)cc3)NC(=O)[C@@H](NC(=O)CCCCCN3C(=O)C=CC3=O)C(C)C)cc2)NC(=O)[C@@H](NC(=O)CCCCCN2C(=O)C=CC2=O)C(C)C)cc1)C(C)C. The van der Waals surface area contributed by atoms with E-state index < -0.39 is 191 Å². The first-order valence-corrected chi connectivity index (χ1v) is 49.4. The number of hydrogen-bond donors (Lipinski definition) is 14. The number of nitrogens with one attached hydrogen (secondary N) is 12. The van der Waals surface area contributed by atoms with E-state index in [0.29, 0.717) is 92.4 Å². The standard InChI is InChI=1S/C103H150N18O21/c1-17-66(10)91(79(140-15)58-86(128)119-57-29-34-78(119)93(141-16)67(11)94(130)109-68(12)92(129)72-30-21-18-22-31-72)117(13)100(136)89(64(6)7)116-99(135)90(65(8)9)118(14)103(139)142-61-71-41-47-75(48-42-71)111-96(132)77(113-98(134)88(63(4)5)115-81(123)36-24-20-26-56-121-84(126)51-52-85(121)127)33-28-54-106-102(138)108-60-70-39-45-74(46-40-70)110-95(131)76(32-27-53-105-101(137)107-59-69-37-43-73(104)44-38-69)112-97(133)87(62(2)3)114-80(122)35-23-19-25-55-120-82(124)49-50-83(120)125/h18,21-22,30-31,37-52,62-68,76-79,87-93,129H,17,19-20,23-29,32-36,53-61,104H2,1-16H3,(H,109,130)(H,110,131)(H,111,132)(H,112,133)(H,113,134)(H,114,122)(H,115,123)(H,116,135)(H2,105,107,137)(H2,106,108,138)/t66-,67+,68+,76-,77-,78-,79+,87-,88-,89-,90-,91-,92+,93+/m0/s1. The Morgan fingerprint density at radius 1 is 0.486 bits per heavy atom. The van der Waals surface area contributed by atoms with E-state index in [9.17, 15) is 81.8 Å².